The van der Waals surface area contributed by atoms with Crippen molar-refractivity contribution < 1.29 is 15.3 Å². The van der Waals surface area contributed by atoms with Crippen LogP contribution in [-0.4, -0.2) is 26.5 Å². The van der Waals surface area contributed by atoms with Gasteiger partial charge in [-0.3, -0.25) is 0 Å². The maximum Gasteiger partial charge on any atom is 0.120 e. The molecule has 0 aliphatic rings. The van der Waals surface area contributed by atoms with E-state index in [1.807, 2.05) is 0 Å². The fourth-order valence-electron chi connectivity index (χ4n) is 1.21. The molecule has 0 heterocycles. The second kappa shape index (κ2) is 5.36. The van der Waals surface area contributed by atoms with Crippen LogP contribution in [0.4, 0.5) is 0 Å². The van der Waals surface area contributed by atoms with Gasteiger partial charge < -0.3 is 15.3 Å². The maximum absolute atomic E-state index is 9.59. The molecule has 0 aliphatic carbocycles. The molecule has 100 valence electrons. The number of aromatic hydroxyl groups is 1. The van der Waals surface area contributed by atoms with Crippen molar-refractivity contribution in [1.82, 2.24) is 0 Å². The minimum absolute atomic E-state index is 0.0441. The largest absolute Gasteiger partial charge is 0.508 e. The summed E-state index contributed by atoms with van der Waals surface area (Å²) in [5.41, 5.74) is -1.07. The van der Waals surface area contributed by atoms with Gasteiger partial charge in [0.05, 0.1) is 0 Å². The molecule has 0 radical (unpaired) electrons. The van der Waals surface area contributed by atoms with Crippen LogP contribution in [0.5, 0.6) is 5.75 Å². The lowest BCUT2D eigenvalue weighted by atomic mass is 10.1. The first-order valence-electron chi connectivity index (χ1n) is 5.90. The molecule has 1 rings (SSSR count). The molecule has 0 unspecified atom stereocenters. The fourth-order valence-corrected chi connectivity index (χ4v) is 1.21. The number of benzene rings is 1. The molecule has 3 heteroatoms. The van der Waals surface area contributed by atoms with E-state index in [1.165, 1.54) is 12.1 Å². The van der Waals surface area contributed by atoms with E-state index in [1.54, 1.807) is 33.8 Å². The van der Waals surface area contributed by atoms with Crippen LogP contribution in [0.25, 0.3) is 0 Å². The van der Waals surface area contributed by atoms with Crippen molar-refractivity contribution in [2.45, 2.75) is 38.9 Å². The molecule has 0 fully saturated rings. The number of phenolic OH excluding ortho intramolecular Hbond substituents is 1. The molecule has 0 spiro atoms. The average molecular weight is 258 g/mol. The molecule has 3 N–H and O–H groups in total. The van der Waals surface area contributed by atoms with Gasteiger partial charge in [0.25, 0.3) is 0 Å². The van der Waals surface area contributed by atoms with Crippen molar-refractivity contribution >= 4 is 0 Å². The predicted octanol–water partition coefficient (Wildman–Crippen LogP) is 1.64. The van der Waals surface area contributed by atoms with E-state index in [0.717, 1.165) is 0 Å². The van der Waals surface area contributed by atoms with Gasteiger partial charge in [-0.1, -0.05) is 23.7 Å². The van der Waals surface area contributed by atoms with Crippen LogP contribution in [0.15, 0.2) is 18.2 Å². The Morgan fingerprint density at radius 2 is 1.16 bits per heavy atom. The Balaban J connectivity index is 3.13. The summed E-state index contributed by atoms with van der Waals surface area (Å²) >= 11 is 0. The van der Waals surface area contributed by atoms with Crippen LogP contribution < -0.4 is 0 Å². The lowest BCUT2D eigenvalue weighted by Crippen LogP contribution is -2.14. The highest BCUT2D eigenvalue weighted by Crippen LogP contribution is 2.15. The van der Waals surface area contributed by atoms with Gasteiger partial charge in [-0.05, 0) is 45.9 Å². The van der Waals surface area contributed by atoms with Crippen LogP contribution in [0, 0.1) is 23.7 Å². The van der Waals surface area contributed by atoms with Gasteiger partial charge in [-0.15, -0.1) is 0 Å². The lowest BCUT2D eigenvalue weighted by molar-refractivity contribution is 0.143. The molecule has 0 bridgehead atoms. The first kappa shape index (κ1) is 15.1. The maximum atomic E-state index is 9.59. The molecule has 0 aliphatic heterocycles. The number of hydrogen-bond acceptors (Lipinski definition) is 3. The second-order valence-corrected chi connectivity index (χ2v) is 5.39. The summed E-state index contributed by atoms with van der Waals surface area (Å²) in [6, 6.07) is 4.68. The van der Waals surface area contributed by atoms with E-state index in [9.17, 15) is 15.3 Å². The molecule has 0 atom stereocenters. The molecule has 0 saturated carbocycles. The second-order valence-electron chi connectivity index (χ2n) is 5.39. The van der Waals surface area contributed by atoms with Crippen LogP contribution in [0.1, 0.15) is 38.8 Å². The van der Waals surface area contributed by atoms with Crippen molar-refractivity contribution in [3.63, 3.8) is 0 Å². The van der Waals surface area contributed by atoms with Gasteiger partial charge in [0.15, 0.2) is 0 Å². The standard InChI is InChI=1S/C16H18O3/c1-15(2,18)7-5-12-9-13(11-14(17)10-12)6-8-16(3,4)19/h9-11,17-19H,1-4H3. The normalized spacial score (nSPS) is 11.1. The minimum atomic E-state index is -1.09. The van der Waals surface area contributed by atoms with Gasteiger partial charge in [-0.25, -0.2) is 0 Å². The minimum Gasteiger partial charge on any atom is -0.508 e. The Bertz CT molecular complexity index is 529. The van der Waals surface area contributed by atoms with Crippen LogP contribution in [-0.2, 0) is 0 Å². The zero-order valence-corrected chi connectivity index (χ0v) is 11.6. The highest BCUT2D eigenvalue weighted by molar-refractivity contribution is 5.49. The van der Waals surface area contributed by atoms with Crippen LogP contribution in [0.3, 0.4) is 0 Å². The third-order valence-corrected chi connectivity index (χ3v) is 1.94. The molecule has 0 aromatic heterocycles. The molecule has 3 nitrogen and oxygen atoms in total. The Morgan fingerprint density at radius 1 is 0.789 bits per heavy atom. The number of phenols is 1. The highest BCUT2D eigenvalue weighted by Gasteiger charge is 2.07. The fraction of sp³-hybridized carbons (Fsp3) is 0.375. The molecule has 19 heavy (non-hydrogen) atoms. The Labute approximate surface area is 113 Å². The van der Waals surface area contributed by atoms with Crippen molar-refractivity contribution in [3.8, 4) is 29.4 Å². The lowest BCUT2D eigenvalue weighted by Gasteiger charge is -2.07. The summed E-state index contributed by atoms with van der Waals surface area (Å²) in [5, 5.41) is 28.7. The Kier molecular flexibility index (Phi) is 4.27. The van der Waals surface area contributed by atoms with E-state index in [2.05, 4.69) is 23.7 Å². The third kappa shape index (κ3) is 6.52. The smallest absolute Gasteiger partial charge is 0.120 e. The number of hydrogen-bond donors (Lipinski definition) is 3. The van der Waals surface area contributed by atoms with Crippen LogP contribution in [0.2, 0.25) is 0 Å². The van der Waals surface area contributed by atoms with E-state index in [0.29, 0.717) is 11.1 Å². The molecular weight excluding hydrogens is 240 g/mol. The molecular formula is C16H18O3. The number of aliphatic hydroxyl groups is 2. The van der Waals surface area contributed by atoms with Crippen molar-refractivity contribution in [1.29, 1.82) is 0 Å². The summed E-state index contributed by atoms with van der Waals surface area (Å²) in [7, 11) is 0. The van der Waals surface area contributed by atoms with Gasteiger partial charge in [0.2, 0.25) is 0 Å². The van der Waals surface area contributed by atoms with E-state index in [4.69, 9.17) is 0 Å². The first-order chi connectivity index (χ1) is 8.55. The van der Waals surface area contributed by atoms with Crippen molar-refractivity contribution in [2.24, 2.45) is 0 Å². The van der Waals surface area contributed by atoms with Crippen molar-refractivity contribution in [3.05, 3.63) is 29.3 Å². The van der Waals surface area contributed by atoms with Gasteiger partial charge in [-0.2, -0.15) is 0 Å². The van der Waals surface area contributed by atoms with E-state index < -0.39 is 11.2 Å². The first-order valence-corrected chi connectivity index (χ1v) is 5.90. The summed E-state index contributed by atoms with van der Waals surface area (Å²) in [6.07, 6.45) is 0. The average Bonchev–Trinajstić information content (AvgIpc) is 2.21. The van der Waals surface area contributed by atoms with Gasteiger partial charge in [0.1, 0.15) is 17.0 Å². The molecule has 0 amide bonds. The summed E-state index contributed by atoms with van der Waals surface area (Å²) in [5.74, 6) is 10.9. The van der Waals surface area contributed by atoms with E-state index in [-0.39, 0.29) is 5.75 Å². The SMILES string of the molecule is CC(C)(O)C#Cc1cc(O)cc(C#CC(C)(C)O)c1. The number of rotatable bonds is 0. The van der Waals surface area contributed by atoms with Crippen LogP contribution >= 0.6 is 0 Å². The molecule has 1 aromatic rings. The third-order valence-electron chi connectivity index (χ3n) is 1.94. The van der Waals surface area contributed by atoms with E-state index >= 15 is 0 Å². The molecule has 1 aromatic carbocycles. The van der Waals surface area contributed by atoms with Crippen molar-refractivity contribution in [2.75, 3.05) is 0 Å². The summed E-state index contributed by atoms with van der Waals surface area (Å²) in [4.78, 5) is 0. The Morgan fingerprint density at radius 3 is 1.47 bits per heavy atom. The zero-order chi connectivity index (χ0) is 14.7. The predicted molar refractivity (Wildman–Crippen MR) is 74.5 cm³/mol. The summed E-state index contributed by atoms with van der Waals surface area (Å²) < 4.78 is 0. The topological polar surface area (TPSA) is 60.7 Å². The zero-order valence-electron chi connectivity index (χ0n) is 11.6. The Hall–Kier alpha value is -1.94. The summed E-state index contributed by atoms with van der Waals surface area (Å²) in [6.45, 7) is 6.32. The quantitative estimate of drug-likeness (QED) is 0.620. The highest BCUT2D eigenvalue weighted by atomic mass is 16.3. The molecule has 0 saturated heterocycles. The van der Waals surface area contributed by atoms with Gasteiger partial charge >= 0.3 is 0 Å². The van der Waals surface area contributed by atoms with Gasteiger partial charge in [0, 0.05) is 11.1 Å². The monoisotopic (exact) mass is 258 g/mol.